The molecule has 0 N–H and O–H groups in total. The number of carbonyl (C=O) groups is 2. The molecule has 0 amide bonds. The maximum atomic E-state index is 12.2. The van der Waals surface area contributed by atoms with Crippen LogP contribution in [0.4, 0.5) is 0 Å². The zero-order valence-electron chi connectivity index (χ0n) is 17.7. The standard InChI is InChI=1S/C25H25NO5/c1-18-6-11-23(31-18)13-10-22(28)15-21(27)9-7-19-8-12-24(16-25(19)29-2)30-17-20-5-3-4-14-26-20/h3-9,11-12,14,16H,10,13,15,17H2,1-2H3/b9-7+. The Labute approximate surface area is 181 Å². The summed E-state index contributed by atoms with van der Waals surface area (Å²) >= 11 is 0. The Morgan fingerprint density at radius 1 is 1.13 bits per heavy atom. The van der Waals surface area contributed by atoms with Gasteiger partial charge in [-0.3, -0.25) is 14.6 Å². The van der Waals surface area contributed by atoms with Crippen molar-refractivity contribution in [2.45, 2.75) is 32.8 Å². The lowest BCUT2D eigenvalue weighted by molar-refractivity contribution is -0.124. The molecular formula is C25H25NO5. The van der Waals surface area contributed by atoms with Gasteiger partial charge in [0, 0.05) is 30.7 Å². The number of methoxy groups -OCH3 is 1. The quantitative estimate of drug-likeness (QED) is 0.330. The molecule has 0 atom stereocenters. The summed E-state index contributed by atoms with van der Waals surface area (Å²) in [7, 11) is 1.55. The molecule has 160 valence electrons. The van der Waals surface area contributed by atoms with Crippen LogP contribution >= 0.6 is 0 Å². The van der Waals surface area contributed by atoms with E-state index in [0.717, 1.165) is 22.8 Å². The molecule has 0 aliphatic carbocycles. The number of ether oxygens (including phenoxy) is 2. The third-order valence-electron chi connectivity index (χ3n) is 4.58. The van der Waals surface area contributed by atoms with Crippen molar-refractivity contribution in [2.24, 2.45) is 0 Å². The molecule has 2 heterocycles. The van der Waals surface area contributed by atoms with Crippen molar-refractivity contribution < 1.29 is 23.5 Å². The van der Waals surface area contributed by atoms with Crippen molar-refractivity contribution in [2.75, 3.05) is 7.11 Å². The lowest BCUT2D eigenvalue weighted by atomic mass is 10.1. The molecule has 0 radical (unpaired) electrons. The molecule has 2 aromatic heterocycles. The summed E-state index contributed by atoms with van der Waals surface area (Å²) in [6.07, 6.45) is 5.40. The summed E-state index contributed by atoms with van der Waals surface area (Å²) in [5, 5.41) is 0. The largest absolute Gasteiger partial charge is 0.496 e. The highest BCUT2D eigenvalue weighted by atomic mass is 16.5. The SMILES string of the molecule is COc1cc(OCc2ccccn2)ccc1/C=C/C(=O)CC(=O)CCc1ccc(C)o1. The van der Waals surface area contributed by atoms with Gasteiger partial charge in [-0.2, -0.15) is 0 Å². The molecule has 3 rings (SSSR count). The predicted octanol–water partition coefficient (Wildman–Crippen LogP) is 4.74. The Hall–Kier alpha value is -3.67. The second kappa shape index (κ2) is 10.9. The van der Waals surface area contributed by atoms with E-state index in [9.17, 15) is 9.59 Å². The van der Waals surface area contributed by atoms with Crippen LogP contribution in [-0.2, 0) is 22.6 Å². The number of ketones is 2. The minimum Gasteiger partial charge on any atom is -0.496 e. The number of benzene rings is 1. The van der Waals surface area contributed by atoms with Crippen LogP contribution in [0.1, 0.15) is 35.6 Å². The van der Waals surface area contributed by atoms with E-state index in [1.54, 1.807) is 37.6 Å². The monoisotopic (exact) mass is 419 g/mol. The van der Waals surface area contributed by atoms with Gasteiger partial charge in [0.25, 0.3) is 0 Å². The second-order valence-corrected chi connectivity index (χ2v) is 7.04. The van der Waals surface area contributed by atoms with Crippen LogP contribution in [0.5, 0.6) is 11.5 Å². The van der Waals surface area contributed by atoms with Gasteiger partial charge in [-0.15, -0.1) is 0 Å². The number of Topliss-reactive ketones (excluding diaryl/α,β-unsaturated/α-hetero) is 1. The molecule has 0 aliphatic heterocycles. The molecule has 0 spiro atoms. The summed E-state index contributed by atoms with van der Waals surface area (Å²) in [6, 6.07) is 14.7. The molecule has 3 aromatic rings. The Kier molecular flexibility index (Phi) is 7.76. The number of carbonyl (C=O) groups excluding carboxylic acids is 2. The van der Waals surface area contributed by atoms with Gasteiger partial charge in [0.1, 0.15) is 35.4 Å². The van der Waals surface area contributed by atoms with Crippen LogP contribution in [-0.4, -0.2) is 23.7 Å². The molecular weight excluding hydrogens is 394 g/mol. The zero-order chi connectivity index (χ0) is 22.1. The molecule has 31 heavy (non-hydrogen) atoms. The van der Waals surface area contributed by atoms with E-state index in [1.165, 1.54) is 6.08 Å². The van der Waals surface area contributed by atoms with Gasteiger partial charge in [0.15, 0.2) is 5.78 Å². The van der Waals surface area contributed by atoms with Crippen LogP contribution in [0.3, 0.4) is 0 Å². The van der Waals surface area contributed by atoms with E-state index in [-0.39, 0.29) is 24.4 Å². The highest BCUT2D eigenvalue weighted by Gasteiger charge is 2.10. The van der Waals surface area contributed by atoms with Crippen LogP contribution in [0.25, 0.3) is 6.08 Å². The Bertz CT molecular complexity index is 1050. The third-order valence-corrected chi connectivity index (χ3v) is 4.58. The maximum Gasteiger partial charge on any atom is 0.163 e. The van der Waals surface area contributed by atoms with Gasteiger partial charge in [-0.1, -0.05) is 6.07 Å². The van der Waals surface area contributed by atoms with Crippen molar-refractivity contribution in [1.82, 2.24) is 4.98 Å². The summed E-state index contributed by atoms with van der Waals surface area (Å²) in [5.74, 6) is 2.40. The first kappa shape index (κ1) is 22.0. The Morgan fingerprint density at radius 3 is 2.71 bits per heavy atom. The number of nitrogens with zero attached hydrogens (tertiary/aromatic N) is 1. The normalized spacial score (nSPS) is 10.9. The first-order chi connectivity index (χ1) is 15.0. The number of hydrogen-bond donors (Lipinski definition) is 0. The average molecular weight is 419 g/mol. The molecule has 6 heteroatoms. The number of aryl methyl sites for hydroxylation is 2. The second-order valence-electron chi connectivity index (χ2n) is 7.04. The number of aromatic nitrogens is 1. The average Bonchev–Trinajstić information content (AvgIpc) is 3.21. The lowest BCUT2D eigenvalue weighted by Gasteiger charge is -2.09. The minimum atomic E-state index is -0.252. The fourth-order valence-electron chi connectivity index (χ4n) is 2.97. The Balaban J connectivity index is 1.52. The Morgan fingerprint density at radius 2 is 2.00 bits per heavy atom. The molecule has 6 nitrogen and oxygen atoms in total. The molecule has 0 aliphatic rings. The highest BCUT2D eigenvalue weighted by molar-refractivity contribution is 6.06. The molecule has 0 saturated heterocycles. The van der Waals surface area contributed by atoms with E-state index in [4.69, 9.17) is 13.9 Å². The van der Waals surface area contributed by atoms with E-state index >= 15 is 0 Å². The maximum absolute atomic E-state index is 12.2. The van der Waals surface area contributed by atoms with E-state index in [1.807, 2.05) is 37.3 Å². The number of allylic oxidation sites excluding steroid dienone is 1. The van der Waals surface area contributed by atoms with Crippen LogP contribution < -0.4 is 9.47 Å². The third kappa shape index (κ3) is 6.96. The van der Waals surface area contributed by atoms with Crippen molar-refractivity contribution in [3.63, 3.8) is 0 Å². The van der Waals surface area contributed by atoms with E-state index in [2.05, 4.69) is 4.98 Å². The fourth-order valence-corrected chi connectivity index (χ4v) is 2.97. The topological polar surface area (TPSA) is 78.6 Å². The van der Waals surface area contributed by atoms with Gasteiger partial charge >= 0.3 is 0 Å². The first-order valence-corrected chi connectivity index (χ1v) is 10.0. The van der Waals surface area contributed by atoms with Gasteiger partial charge in [0.05, 0.1) is 19.2 Å². The van der Waals surface area contributed by atoms with Crippen LogP contribution in [0, 0.1) is 6.92 Å². The summed E-state index contributed by atoms with van der Waals surface area (Å²) < 4.78 is 16.6. The van der Waals surface area contributed by atoms with E-state index < -0.39 is 0 Å². The summed E-state index contributed by atoms with van der Waals surface area (Å²) in [6.45, 7) is 2.20. The van der Waals surface area contributed by atoms with Crippen molar-refractivity contribution in [3.05, 3.63) is 83.6 Å². The number of furan rings is 1. The van der Waals surface area contributed by atoms with Gasteiger partial charge in [-0.25, -0.2) is 0 Å². The highest BCUT2D eigenvalue weighted by Crippen LogP contribution is 2.26. The predicted molar refractivity (Wildman–Crippen MR) is 117 cm³/mol. The van der Waals surface area contributed by atoms with Crippen LogP contribution in [0.2, 0.25) is 0 Å². The summed E-state index contributed by atoms with van der Waals surface area (Å²) in [5.41, 5.74) is 1.54. The first-order valence-electron chi connectivity index (χ1n) is 10.0. The zero-order valence-corrected chi connectivity index (χ0v) is 17.7. The smallest absolute Gasteiger partial charge is 0.163 e. The number of pyridine rings is 1. The van der Waals surface area contributed by atoms with E-state index in [0.29, 0.717) is 24.5 Å². The minimum absolute atomic E-state index is 0.117. The van der Waals surface area contributed by atoms with Gasteiger partial charge < -0.3 is 13.9 Å². The van der Waals surface area contributed by atoms with Crippen LogP contribution in [0.15, 0.2) is 65.2 Å². The molecule has 0 bridgehead atoms. The van der Waals surface area contributed by atoms with Crippen molar-refractivity contribution in [3.8, 4) is 11.5 Å². The van der Waals surface area contributed by atoms with Crippen molar-refractivity contribution >= 4 is 17.6 Å². The van der Waals surface area contributed by atoms with Crippen molar-refractivity contribution in [1.29, 1.82) is 0 Å². The fraction of sp³-hybridized carbons (Fsp3) is 0.240. The lowest BCUT2D eigenvalue weighted by Crippen LogP contribution is -2.06. The number of rotatable bonds is 11. The molecule has 1 aromatic carbocycles. The molecule has 0 fully saturated rings. The number of hydrogen-bond acceptors (Lipinski definition) is 6. The van der Waals surface area contributed by atoms with Gasteiger partial charge in [0.2, 0.25) is 0 Å². The molecule has 0 saturated carbocycles. The summed E-state index contributed by atoms with van der Waals surface area (Å²) in [4.78, 5) is 28.4. The molecule has 0 unspecified atom stereocenters. The van der Waals surface area contributed by atoms with Gasteiger partial charge in [-0.05, 0) is 55.5 Å².